The van der Waals surface area contributed by atoms with Gasteiger partial charge in [0.15, 0.2) is 11.4 Å². The maximum Gasteiger partial charge on any atom is 0.470 e. The van der Waals surface area contributed by atoms with Crippen LogP contribution in [0.3, 0.4) is 0 Å². The molecule has 3 aromatic carbocycles. The molecule has 0 unspecified atom stereocenters. The zero-order valence-corrected chi connectivity index (χ0v) is 45.3. The normalized spacial score (nSPS) is 28.3. The second kappa shape index (κ2) is 19.7. The molecule has 2 aliphatic carbocycles. The molecule has 5 aliphatic heterocycles. The Morgan fingerprint density at radius 1 is 0.974 bits per heavy atom. The predicted octanol–water partition coefficient (Wildman–Crippen LogP) is 8.12. The maximum absolute atomic E-state index is 16.6. The number of morpholine rings is 1. The van der Waals surface area contributed by atoms with Gasteiger partial charge in [-0.25, -0.2) is 22.1 Å². The Morgan fingerprint density at radius 2 is 1.74 bits per heavy atom. The van der Waals surface area contributed by atoms with Crippen LogP contribution >= 0.6 is 7.82 Å². The number of carbonyl (C=O) groups is 1. The zero-order valence-electron chi connectivity index (χ0n) is 43.6. The number of ether oxygens (including phenoxy) is 4. The number of fused-ring (bicyclic) bond motifs is 4. The molecular formula is C54H64FN8O13PS. The summed E-state index contributed by atoms with van der Waals surface area (Å²) >= 11 is 0. The lowest BCUT2D eigenvalue weighted by Gasteiger charge is -2.59. The smallest absolute Gasteiger partial charge is 0.470 e. The summed E-state index contributed by atoms with van der Waals surface area (Å²) in [4.78, 5) is 59.9. The van der Waals surface area contributed by atoms with Gasteiger partial charge in [0.2, 0.25) is 5.88 Å². The molecular weight excluding hydrogens is 1050 g/mol. The number of nitro groups is 1. The van der Waals surface area contributed by atoms with E-state index in [1.807, 2.05) is 29.2 Å². The minimum Gasteiger partial charge on any atom is -0.489 e. The van der Waals surface area contributed by atoms with Gasteiger partial charge >= 0.3 is 7.82 Å². The average Bonchev–Trinajstić information content (AvgIpc) is 3.92. The molecule has 416 valence electrons. The second-order valence-corrected chi connectivity index (χ2v) is 25.6. The number of anilines is 4. The molecule has 7 aliphatic rings. The van der Waals surface area contributed by atoms with Gasteiger partial charge in [0.05, 0.1) is 64.6 Å². The fourth-order valence-corrected chi connectivity index (χ4v) is 15.2. The summed E-state index contributed by atoms with van der Waals surface area (Å²) in [6, 6.07) is 19.1. The molecule has 3 saturated heterocycles. The number of rotatable bonds is 11. The molecule has 7 heterocycles. The molecule has 5 aromatic rings. The highest BCUT2D eigenvalue weighted by atomic mass is 32.2. The van der Waals surface area contributed by atoms with Crippen molar-refractivity contribution in [1.82, 2.24) is 19.6 Å². The zero-order chi connectivity index (χ0) is 54.5. The van der Waals surface area contributed by atoms with Gasteiger partial charge in [0.1, 0.15) is 29.7 Å². The molecule has 5 fully saturated rings. The molecule has 1 spiro atoms. The summed E-state index contributed by atoms with van der Waals surface area (Å²) in [5.41, 5.74) is 0.926. The molecule has 24 heteroatoms. The van der Waals surface area contributed by atoms with Crippen LogP contribution in [0.2, 0.25) is 0 Å². The number of hydrogen-bond donors (Lipinski definition) is 5. The Balaban J connectivity index is 0.824. The van der Waals surface area contributed by atoms with Gasteiger partial charge in [-0.15, -0.1) is 0 Å². The van der Waals surface area contributed by atoms with Crippen LogP contribution in [-0.4, -0.2) is 132 Å². The van der Waals surface area contributed by atoms with E-state index in [0.29, 0.717) is 61.2 Å². The minimum absolute atomic E-state index is 0.0176. The van der Waals surface area contributed by atoms with Crippen LogP contribution < -0.4 is 29.3 Å². The first-order valence-electron chi connectivity index (χ1n) is 26.7. The van der Waals surface area contributed by atoms with Crippen molar-refractivity contribution in [1.29, 1.82) is 0 Å². The number of halogens is 1. The topological polar surface area (TPSA) is 260 Å². The minimum atomic E-state index is -4.87. The van der Waals surface area contributed by atoms with Gasteiger partial charge in [0, 0.05) is 61.2 Å². The van der Waals surface area contributed by atoms with Crippen molar-refractivity contribution in [2.45, 2.75) is 131 Å². The number of aryl methyl sites for hydroxylation is 1. The molecule has 2 saturated carbocycles. The Bertz CT molecular complexity index is 3340. The van der Waals surface area contributed by atoms with Crippen molar-refractivity contribution in [2.75, 3.05) is 61.2 Å². The lowest BCUT2D eigenvalue weighted by atomic mass is 9.59. The Kier molecular flexibility index (Phi) is 13.3. The standard InChI is InChI=1S/C54H64FN8O13PS/c1-32-6-4-5-7-38(32)44-29-73-28-33(2)61(44)36-26-53(27-36)16-19-60(20-17-53)35-8-9-39(41(23-35)62-40-11-21-72-30-46(40)75-51-43(62)22-34-10-18-56-49(34)58-51)50(64)59-78(70,71)37-24-42(63(65)66)48-45(25-37)74-31-47(57-48)54(55)14-12-52(3,13-15-54)76-77(67,68)69/h4-10,18,22-25,33,36,40,44,46-47,57H,11-17,19-21,26-31H2,1-3H3,(H,56,58)(H,59,64)(H2,67,68,69)/t33-,40-,44-,46-,47+,52?,54?/m0/s1. The lowest BCUT2D eigenvalue weighted by Crippen LogP contribution is -2.60. The first-order chi connectivity index (χ1) is 37.2. The SMILES string of the molecule is Cc1ccccc1[C@@H]1COC[C@H](C)N1C1CC2(CCN(c3ccc(C(=O)NS(=O)(=O)c4cc5c(c([N+](=O)[O-])c4)N[C@@H](C4(F)CCC(C)(OP(=O)(O)O)CC4)CO5)c(N4c5cc6cc[nH]c6nc5O[C@H]5COCC[C@@H]54)c3)CC2)C1. The first kappa shape index (κ1) is 52.8. The van der Waals surface area contributed by atoms with E-state index in [1.165, 1.54) is 18.1 Å². The quantitative estimate of drug-likeness (QED) is 0.0475. The third-order valence-corrected chi connectivity index (χ3v) is 19.7. The van der Waals surface area contributed by atoms with E-state index in [9.17, 15) is 37.7 Å². The van der Waals surface area contributed by atoms with E-state index < -0.39 is 62.7 Å². The number of nitro benzene ring substituents is 1. The first-order valence-corrected chi connectivity index (χ1v) is 29.7. The third kappa shape index (κ3) is 9.77. The number of carbonyl (C=O) groups excluding carboxylic acids is 1. The van der Waals surface area contributed by atoms with E-state index in [-0.39, 0.29) is 73.4 Å². The van der Waals surface area contributed by atoms with Crippen LogP contribution in [0.15, 0.2) is 77.8 Å². The number of sulfonamides is 1. The summed E-state index contributed by atoms with van der Waals surface area (Å²) < 4.78 is 88.7. The van der Waals surface area contributed by atoms with Crippen molar-refractivity contribution < 1.29 is 60.3 Å². The number of nitrogens with one attached hydrogen (secondary N) is 3. The van der Waals surface area contributed by atoms with Gasteiger partial charge in [-0.2, -0.15) is 4.98 Å². The monoisotopic (exact) mass is 1110 g/mol. The fourth-order valence-electron chi connectivity index (χ4n) is 13.5. The number of phosphoric ester groups is 1. The number of benzene rings is 3. The summed E-state index contributed by atoms with van der Waals surface area (Å²) in [6.45, 7) is 9.13. The molecule has 5 N–H and O–H groups in total. The molecule has 5 atom stereocenters. The number of phosphoric acid groups is 1. The number of nitrogens with zero attached hydrogens (tertiary/aromatic N) is 5. The summed E-state index contributed by atoms with van der Waals surface area (Å²) in [7, 11) is -9.74. The summed E-state index contributed by atoms with van der Waals surface area (Å²) in [5.74, 6) is -0.921. The van der Waals surface area contributed by atoms with Crippen molar-refractivity contribution in [3.8, 4) is 11.6 Å². The van der Waals surface area contributed by atoms with E-state index in [0.717, 1.165) is 62.0 Å². The number of amides is 1. The van der Waals surface area contributed by atoms with Crippen LogP contribution in [0, 0.1) is 22.5 Å². The van der Waals surface area contributed by atoms with Gasteiger partial charge in [0.25, 0.3) is 21.6 Å². The molecule has 1 amide bonds. The van der Waals surface area contributed by atoms with Crippen molar-refractivity contribution >= 4 is 63.2 Å². The summed E-state index contributed by atoms with van der Waals surface area (Å²) in [6.07, 6.45) is 5.40. The second-order valence-electron chi connectivity index (χ2n) is 22.7. The molecule has 12 rings (SSSR count). The van der Waals surface area contributed by atoms with Crippen LogP contribution in [0.25, 0.3) is 11.0 Å². The maximum atomic E-state index is 16.6. The van der Waals surface area contributed by atoms with Gasteiger partial charge in [-0.3, -0.25) is 24.3 Å². The van der Waals surface area contributed by atoms with E-state index in [1.54, 1.807) is 12.3 Å². The number of alkyl halides is 1. The Hall–Kier alpha value is -5.91. The highest BCUT2D eigenvalue weighted by Gasteiger charge is 2.53. The third-order valence-electron chi connectivity index (χ3n) is 17.7. The predicted molar refractivity (Wildman–Crippen MR) is 286 cm³/mol. The lowest BCUT2D eigenvalue weighted by molar-refractivity contribution is -0.384. The van der Waals surface area contributed by atoms with E-state index in [4.69, 9.17) is 28.5 Å². The molecule has 0 radical (unpaired) electrons. The van der Waals surface area contributed by atoms with Crippen molar-refractivity contribution in [3.05, 3.63) is 99.7 Å². The highest BCUT2D eigenvalue weighted by molar-refractivity contribution is 7.90. The summed E-state index contributed by atoms with van der Waals surface area (Å²) in [5, 5.41) is 16.3. The van der Waals surface area contributed by atoms with E-state index >= 15 is 4.39 Å². The molecule has 21 nitrogen and oxygen atoms in total. The number of hydrogen-bond acceptors (Lipinski definition) is 16. The number of piperidine rings is 1. The van der Waals surface area contributed by atoms with Crippen LogP contribution in [-0.2, 0) is 28.6 Å². The van der Waals surface area contributed by atoms with Crippen LogP contribution in [0.4, 0.5) is 32.8 Å². The van der Waals surface area contributed by atoms with Crippen molar-refractivity contribution in [3.63, 3.8) is 0 Å². The highest BCUT2D eigenvalue weighted by Crippen LogP contribution is 2.55. The van der Waals surface area contributed by atoms with Crippen molar-refractivity contribution in [2.24, 2.45) is 5.41 Å². The average molecular weight is 1120 g/mol. The number of H-pyrrole nitrogens is 1. The van der Waals surface area contributed by atoms with Gasteiger partial charge in [-0.05, 0) is 125 Å². The van der Waals surface area contributed by atoms with Crippen LogP contribution in [0.1, 0.15) is 99.2 Å². The van der Waals surface area contributed by atoms with Gasteiger partial charge in [-0.1, -0.05) is 24.3 Å². The number of aromatic amines is 1. The molecule has 78 heavy (non-hydrogen) atoms. The largest absolute Gasteiger partial charge is 0.489 e. The van der Waals surface area contributed by atoms with Crippen LogP contribution in [0.5, 0.6) is 11.6 Å². The van der Waals surface area contributed by atoms with Gasteiger partial charge < -0.3 is 48.8 Å². The number of aromatic nitrogens is 2. The Labute approximate surface area is 450 Å². The molecule has 2 aromatic heterocycles. The van der Waals surface area contributed by atoms with E-state index in [2.05, 4.69) is 62.9 Å². The molecule has 0 bridgehead atoms. The fraction of sp³-hybridized carbons (Fsp3) is 0.519. The Morgan fingerprint density at radius 3 is 2.49 bits per heavy atom. The number of pyridine rings is 1.